The third-order valence-electron chi connectivity index (χ3n) is 6.97. The Bertz CT molecular complexity index is 863. The third kappa shape index (κ3) is 24.2. The lowest BCUT2D eigenvalue weighted by Gasteiger charge is -2.27. The van der Waals surface area contributed by atoms with Crippen molar-refractivity contribution in [2.45, 2.75) is 157 Å². The van der Waals surface area contributed by atoms with E-state index >= 15 is 0 Å². The fraction of sp³-hybridized carbons (Fsp3) is 0.882. The molecule has 3 N–H and O–H groups in total. The van der Waals surface area contributed by atoms with Crippen LogP contribution in [0.1, 0.15) is 134 Å². The highest BCUT2D eigenvalue weighted by molar-refractivity contribution is 5.88. The van der Waals surface area contributed by atoms with Crippen LogP contribution in [0.3, 0.4) is 0 Å². The topological polar surface area (TPSA) is 132 Å². The van der Waals surface area contributed by atoms with Gasteiger partial charge in [-0.3, -0.25) is 19.2 Å². The van der Waals surface area contributed by atoms with E-state index in [-0.39, 0.29) is 55.0 Å². The molecule has 0 aliphatic carbocycles. The molecule has 1 atom stereocenters. The molecular weight excluding hydrogens is 562 g/mol. The van der Waals surface area contributed by atoms with Gasteiger partial charge in [-0.2, -0.15) is 0 Å². The molecule has 0 saturated heterocycles. The van der Waals surface area contributed by atoms with Crippen LogP contribution in [-0.4, -0.2) is 72.8 Å². The van der Waals surface area contributed by atoms with Crippen LogP contribution in [0.25, 0.3) is 0 Å². The zero-order valence-electron chi connectivity index (χ0n) is 29.8. The van der Waals surface area contributed by atoms with Crippen molar-refractivity contribution in [3.63, 3.8) is 0 Å². The second-order valence-electron chi connectivity index (χ2n) is 14.8. The molecular formula is C34H65N3O7. The summed E-state index contributed by atoms with van der Waals surface area (Å²) in [6.07, 6.45) is 3.90. The van der Waals surface area contributed by atoms with Gasteiger partial charge in [0.15, 0.2) is 0 Å². The standard InChI is InChI=1S/C34H65N3O7/c1-25(2)17-23-42-33(8,9)19-21-35-28(38)16-15-27(37-29(39)13-12-14-30(40)44-32(5,6)7)31(41)36-22-20-34(10,11)43-24-18-26(3)4/h25-27H,12-24H2,1-11H3,(H,35,38)(H,36,41)(H,37,39). The number of nitrogens with one attached hydrogen (secondary N) is 3. The summed E-state index contributed by atoms with van der Waals surface area (Å²) in [5.74, 6) is -0.160. The monoisotopic (exact) mass is 627 g/mol. The van der Waals surface area contributed by atoms with Gasteiger partial charge in [0.1, 0.15) is 11.6 Å². The summed E-state index contributed by atoms with van der Waals surface area (Å²) < 4.78 is 17.3. The number of hydrogen-bond acceptors (Lipinski definition) is 7. The maximum absolute atomic E-state index is 13.1. The first kappa shape index (κ1) is 41.8. The van der Waals surface area contributed by atoms with Crippen LogP contribution in [0.5, 0.6) is 0 Å². The minimum Gasteiger partial charge on any atom is -0.460 e. The van der Waals surface area contributed by atoms with Crippen LogP contribution < -0.4 is 16.0 Å². The van der Waals surface area contributed by atoms with Crippen molar-refractivity contribution in [3.8, 4) is 0 Å². The van der Waals surface area contributed by atoms with Gasteiger partial charge in [-0.1, -0.05) is 27.7 Å². The van der Waals surface area contributed by atoms with Crippen molar-refractivity contribution in [1.82, 2.24) is 16.0 Å². The average Bonchev–Trinajstić information content (AvgIpc) is 2.84. The average molecular weight is 628 g/mol. The van der Waals surface area contributed by atoms with E-state index in [0.29, 0.717) is 57.4 Å². The normalized spacial score (nSPS) is 13.1. The van der Waals surface area contributed by atoms with Gasteiger partial charge in [0.25, 0.3) is 0 Å². The minimum absolute atomic E-state index is 0.0673. The molecule has 0 rings (SSSR count). The van der Waals surface area contributed by atoms with Crippen molar-refractivity contribution >= 4 is 23.7 Å². The van der Waals surface area contributed by atoms with Crippen LogP contribution in [0.15, 0.2) is 0 Å². The molecule has 0 bridgehead atoms. The number of amides is 3. The van der Waals surface area contributed by atoms with E-state index in [2.05, 4.69) is 43.6 Å². The first-order valence-electron chi connectivity index (χ1n) is 16.5. The minimum atomic E-state index is -0.879. The fourth-order valence-electron chi connectivity index (χ4n) is 4.08. The third-order valence-corrected chi connectivity index (χ3v) is 6.97. The Labute approximate surface area is 267 Å². The molecule has 0 aromatic rings. The Morgan fingerprint density at radius 3 is 1.61 bits per heavy atom. The van der Waals surface area contributed by atoms with E-state index in [4.69, 9.17) is 14.2 Å². The molecule has 0 aliphatic heterocycles. The van der Waals surface area contributed by atoms with Gasteiger partial charge in [-0.05, 0) is 98.8 Å². The second-order valence-corrected chi connectivity index (χ2v) is 14.8. The molecule has 0 aromatic carbocycles. The zero-order valence-corrected chi connectivity index (χ0v) is 29.8. The van der Waals surface area contributed by atoms with Crippen LogP contribution in [0.4, 0.5) is 0 Å². The van der Waals surface area contributed by atoms with Crippen molar-refractivity contribution in [2.24, 2.45) is 11.8 Å². The van der Waals surface area contributed by atoms with Crippen molar-refractivity contribution < 1.29 is 33.4 Å². The van der Waals surface area contributed by atoms with Gasteiger partial charge < -0.3 is 30.2 Å². The predicted octanol–water partition coefficient (Wildman–Crippen LogP) is 5.46. The number of ether oxygens (including phenoxy) is 3. The van der Waals surface area contributed by atoms with E-state index in [9.17, 15) is 19.2 Å². The Balaban J connectivity index is 4.98. The zero-order chi connectivity index (χ0) is 34.0. The lowest BCUT2D eigenvalue weighted by atomic mass is 10.0. The summed E-state index contributed by atoms with van der Waals surface area (Å²) in [6, 6.07) is -0.879. The summed E-state index contributed by atoms with van der Waals surface area (Å²) in [5, 5.41) is 8.58. The SMILES string of the molecule is CC(C)CCOC(C)(C)CCNC(=O)CCC(NC(=O)CCCC(=O)OC(C)(C)C)C(=O)NCCC(C)(C)OCCC(C)C. The van der Waals surface area contributed by atoms with Crippen molar-refractivity contribution in [3.05, 3.63) is 0 Å². The second kappa shape index (κ2) is 20.8. The predicted molar refractivity (Wildman–Crippen MR) is 175 cm³/mol. The van der Waals surface area contributed by atoms with Crippen LogP contribution in [0.2, 0.25) is 0 Å². The first-order valence-corrected chi connectivity index (χ1v) is 16.5. The molecule has 10 nitrogen and oxygen atoms in total. The highest BCUT2D eigenvalue weighted by atomic mass is 16.6. The van der Waals surface area contributed by atoms with E-state index in [1.54, 1.807) is 20.8 Å². The molecule has 0 aromatic heterocycles. The molecule has 44 heavy (non-hydrogen) atoms. The van der Waals surface area contributed by atoms with Gasteiger partial charge >= 0.3 is 5.97 Å². The van der Waals surface area contributed by atoms with E-state index in [0.717, 1.165) is 12.8 Å². The van der Waals surface area contributed by atoms with Gasteiger partial charge in [-0.25, -0.2) is 0 Å². The molecule has 0 heterocycles. The van der Waals surface area contributed by atoms with Crippen LogP contribution in [0, 0.1) is 11.8 Å². The largest absolute Gasteiger partial charge is 0.460 e. The quantitative estimate of drug-likeness (QED) is 0.128. The smallest absolute Gasteiger partial charge is 0.306 e. The highest BCUT2D eigenvalue weighted by Gasteiger charge is 2.25. The van der Waals surface area contributed by atoms with Gasteiger partial charge in [0.2, 0.25) is 17.7 Å². The number of carbonyl (C=O) groups excluding carboxylic acids is 4. The summed E-state index contributed by atoms with van der Waals surface area (Å²) in [5.41, 5.74) is -1.35. The highest BCUT2D eigenvalue weighted by Crippen LogP contribution is 2.17. The summed E-state index contributed by atoms with van der Waals surface area (Å²) in [7, 11) is 0. The number of carbonyl (C=O) groups is 4. The van der Waals surface area contributed by atoms with E-state index < -0.39 is 17.2 Å². The summed E-state index contributed by atoms with van der Waals surface area (Å²) in [6.45, 7) is 24.1. The first-order chi connectivity index (χ1) is 20.2. The Morgan fingerprint density at radius 1 is 0.636 bits per heavy atom. The molecule has 1 unspecified atom stereocenters. The van der Waals surface area contributed by atoms with Crippen molar-refractivity contribution in [2.75, 3.05) is 26.3 Å². The molecule has 0 spiro atoms. The van der Waals surface area contributed by atoms with Crippen LogP contribution >= 0.6 is 0 Å². The van der Waals surface area contributed by atoms with Gasteiger partial charge in [0, 0.05) is 45.6 Å². The maximum atomic E-state index is 13.1. The Morgan fingerprint density at radius 2 is 1.14 bits per heavy atom. The fourth-order valence-corrected chi connectivity index (χ4v) is 4.08. The lowest BCUT2D eigenvalue weighted by molar-refractivity contribution is -0.155. The number of hydrogen-bond donors (Lipinski definition) is 3. The van der Waals surface area contributed by atoms with Gasteiger partial charge in [-0.15, -0.1) is 0 Å². The Kier molecular flexibility index (Phi) is 19.7. The molecule has 0 fully saturated rings. The molecule has 258 valence electrons. The van der Waals surface area contributed by atoms with Crippen LogP contribution in [-0.2, 0) is 33.4 Å². The number of esters is 1. The Hall–Kier alpha value is -2.20. The molecule has 0 saturated carbocycles. The van der Waals surface area contributed by atoms with E-state index in [1.807, 2.05) is 27.7 Å². The molecule has 10 heteroatoms. The molecule has 3 amide bonds. The summed E-state index contributed by atoms with van der Waals surface area (Å²) >= 11 is 0. The van der Waals surface area contributed by atoms with Crippen molar-refractivity contribution in [1.29, 1.82) is 0 Å². The van der Waals surface area contributed by atoms with Gasteiger partial charge in [0.05, 0.1) is 11.2 Å². The number of rotatable bonds is 23. The maximum Gasteiger partial charge on any atom is 0.306 e. The molecule has 0 radical (unpaired) electrons. The van der Waals surface area contributed by atoms with E-state index in [1.165, 1.54) is 0 Å². The summed E-state index contributed by atoms with van der Waals surface area (Å²) in [4.78, 5) is 50.5. The molecule has 0 aliphatic rings. The lowest BCUT2D eigenvalue weighted by Crippen LogP contribution is -2.48.